The molecule has 0 bridgehead atoms. The van der Waals surface area contributed by atoms with Crippen molar-refractivity contribution in [1.82, 2.24) is 0 Å². The molecule has 0 saturated carbocycles. The predicted octanol–water partition coefficient (Wildman–Crippen LogP) is 10.2. The lowest BCUT2D eigenvalue weighted by Crippen LogP contribution is -1.88. The van der Waals surface area contributed by atoms with Gasteiger partial charge < -0.3 is 11.5 Å². The number of rotatable bonds is 5. The minimum absolute atomic E-state index is 0.584. The van der Waals surface area contributed by atoms with Gasteiger partial charge in [0.25, 0.3) is 0 Å². The van der Waals surface area contributed by atoms with E-state index in [1.165, 1.54) is 0 Å². The van der Waals surface area contributed by atoms with Crippen LogP contribution in [0.5, 0.6) is 0 Å². The van der Waals surface area contributed by atoms with E-state index in [2.05, 4.69) is 45.7 Å². The summed E-state index contributed by atoms with van der Waals surface area (Å²) in [5.74, 6) is 0. The van der Waals surface area contributed by atoms with Crippen LogP contribution in [0.4, 0.5) is 34.1 Å². The fourth-order valence-electron chi connectivity index (χ4n) is 4.56. The van der Waals surface area contributed by atoms with Gasteiger partial charge in [-0.05, 0) is 58.3 Å². The third kappa shape index (κ3) is 5.02. The summed E-state index contributed by atoms with van der Waals surface area (Å²) in [6.45, 7) is 0. The predicted molar refractivity (Wildman–Crippen MR) is 171 cm³/mol. The van der Waals surface area contributed by atoms with Gasteiger partial charge in [-0.3, -0.25) is 0 Å². The average Bonchev–Trinajstić information content (AvgIpc) is 3.00. The molecule has 0 saturated heterocycles. The Kier molecular flexibility index (Phi) is 6.94. The highest BCUT2D eigenvalue weighted by Gasteiger charge is 2.09. The van der Waals surface area contributed by atoms with Gasteiger partial charge in [-0.25, -0.2) is 0 Å². The van der Waals surface area contributed by atoms with Gasteiger partial charge in [-0.1, -0.05) is 72.8 Å². The van der Waals surface area contributed by atoms with E-state index in [1.807, 2.05) is 109 Å². The van der Waals surface area contributed by atoms with Crippen LogP contribution in [0.15, 0.2) is 139 Å². The van der Waals surface area contributed by atoms with E-state index in [4.69, 9.17) is 11.5 Å². The minimum atomic E-state index is 0.584. The number of anilines is 2. The van der Waals surface area contributed by atoms with Crippen molar-refractivity contribution in [2.24, 2.45) is 20.5 Å². The second-order valence-corrected chi connectivity index (χ2v) is 10.2. The van der Waals surface area contributed by atoms with Crippen LogP contribution in [0.3, 0.4) is 0 Å². The van der Waals surface area contributed by atoms with E-state index in [-0.39, 0.29) is 0 Å². The number of hydrogen-bond donors (Lipinski definition) is 4. The Hall–Kier alpha value is -4.66. The Balaban J connectivity index is 1.18. The van der Waals surface area contributed by atoms with Gasteiger partial charge in [0.15, 0.2) is 0 Å². The lowest BCUT2D eigenvalue weighted by atomic mass is 10.1. The summed E-state index contributed by atoms with van der Waals surface area (Å²) < 4.78 is 0. The van der Waals surface area contributed by atoms with E-state index < -0.39 is 0 Å². The Bertz CT molecular complexity index is 1790. The van der Waals surface area contributed by atoms with Crippen LogP contribution in [-0.4, -0.2) is 0 Å². The summed E-state index contributed by atoms with van der Waals surface area (Å²) in [6.07, 6.45) is 0. The first-order valence-corrected chi connectivity index (χ1v) is 13.4. The van der Waals surface area contributed by atoms with Crippen molar-refractivity contribution in [3.05, 3.63) is 109 Å². The molecule has 8 heteroatoms. The largest absolute Gasteiger partial charge is 0.396 e. The number of nitrogen functional groups attached to an aromatic ring is 2. The summed E-state index contributed by atoms with van der Waals surface area (Å²) in [5.41, 5.74) is 18.6. The maximum Gasteiger partial charge on any atom is 0.110 e. The molecule has 0 aliphatic rings. The van der Waals surface area contributed by atoms with E-state index in [0.717, 1.165) is 53.8 Å². The van der Waals surface area contributed by atoms with Crippen molar-refractivity contribution in [1.29, 1.82) is 0 Å². The fraction of sp³-hybridized carbons (Fsp3) is 0. The Morgan fingerprint density at radius 1 is 0.425 bits per heavy atom. The molecule has 40 heavy (non-hydrogen) atoms. The lowest BCUT2D eigenvalue weighted by Gasteiger charge is -2.08. The molecule has 0 atom stereocenters. The number of azo groups is 2. The summed E-state index contributed by atoms with van der Waals surface area (Å²) in [4.78, 5) is 1.62. The molecule has 6 aromatic carbocycles. The van der Waals surface area contributed by atoms with E-state index in [1.54, 1.807) is 0 Å². The summed E-state index contributed by atoms with van der Waals surface area (Å²) in [7, 11) is 0. The normalized spacial score (nSPS) is 11.8. The maximum absolute atomic E-state index is 6.34. The van der Waals surface area contributed by atoms with Crippen LogP contribution in [0.2, 0.25) is 0 Å². The van der Waals surface area contributed by atoms with Crippen LogP contribution in [0, 0.1) is 0 Å². The molecule has 0 radical (unpaired) electrons. The zero-order valence-electron chi connectivity index (χ0n) is 21.2. The van der Waals surface area contributed by atoms with Crippen LogP contribution in [0.25, 0.3) is 32.7 Å². The molecule has 0 unspecified atom stereocenters. The summed E-state index contributed by atoms with van der Waals surface area (Å²) >= 11 is 9.17. The number of benzene rings is 6. The standard InChI is InChI=1S/C32H24N6S2/c33-31-25-7-3-1-5-23(25)29(39)17-27(31)37-35-21-13-9-19(10-14-21)20-11-15-22(16-12-20)36-38-28-18-30(40)24-6-2-4-8-26(24)32(28)34/h1-18,39-40H,33-34H2/b37-35+,38-36+. The molecule has 0 spiro atoms. The van der Waals surface area contributed by atoms with E-state index in [9.17, 15) is 0 Å². The molecule has 0 heterocycles. The number of nitrogens with two attached hydrogens (primary N) is 2. The minimum Gasteiger partial charge on any atom is -0.396 e. The molecular formula is C32H24N6S2. The van der Waals surface area contributed by atoms with Crippen LogP contribution in [-0.2, 0) is 0 Å². The van der Waals surface area contributed by atoms with E-state index in [0.29, 0.717) is 22.7 Å². The summed E-state index contributed by atoms with van der Waals surface area (Å²) in [5, 5.41) is 21.4. The van der Waals surface area contributed by atoms with Crippen LogP contribution in [0.1, 0.15) is 0 Å². The molecule has 4 N–H and O–H groups in total. The third-order valence-electron chi connectivity index (χ3n) is 6.70. The topological polar surface area (TPSA) is 101 Å². The number of thiol groups is 2. The van der Waals surface area contributed by atoms with Gasteiger partial charge in [0.1, 0.15) is 11.4 Å². The first-order valence-electron chi connectivity index (χ1n) is 12.5. The fourth-order valence-corrected chi connectivity index (χ4v) is 5.19. The molecule has 6 rings (SSSR count). The SMILES string of the molecule is Nc1c(/N=N/c2ccc(-c3ccc(/N=N/c4cc(S)c5ccccc5c4N)cc3)cc2)cc(S)c2ccccc12. The molecule has 0 fully saturated rings. The smallest absolute Gasteiger partial charge is 0.110 e. The summed E-state index contributed by atoms with van der Waals surface area (Å²) in [6, 6.07) is 35.1. The third-order valence-corrected chi connectivity index (χ3v) is 7.44. The molecule has 6 aromatic rings. The van der Waals surface area contributed by atoms with Crippen LogP contribution >= 0.6 is 25.3 Å². The molecular weight excluding hydrogens is 533 g/mol. The van der Waals surface area contributed by atoms with E-state index >= 15 is 0 Å². The number of hydrogen-bond acceptors (Lipinski definition) is 8. The van der Waals surface area contributed by atoms with Gasteiger partial charge in [0, 0.05) is 20.6 Å². The maximum atomic E-state index is 6.34. The van der Waals surface area contributed by atoms with Crippen molar-refractivity contribution >= 4 is 80.9 Å². The van der Waals surface area contributed by atoms with Crippen molar-refractivity contribution in [2.75, 3.05) is 11.5 Å². The molecule has 0 amide bonds. The zero-order valence-corrected chi connectivity index (χ0v) is 23.0. The van der Waals surface area contributed by atoms with Gasteiger partial charge in [0.2, 0.25) is 0 Å². The van der Waals surface area contributed by atoms with Gasteiger partial charge in [-0.2, -0.15) is 10.2 Å². The molecule has 6 nitrogen and oxygen atoms in total. The van der Waals surface area contributed by atoms with Crippen molar-refractivity contribution in [3.63, 3.8) is 0 Å². The van der Waals surface area contributed by atoms with Crippen LogP contribution < -0.4 is 11.5 Å². The number of fused-ring (bicyclic) bond motifs is 2. The van der Waals surface area contributed by atoms with Crippen molar-refractivity contribution < 1.29 is 0 Å². The highest BCUT2D eigenvalue weighted by Crippen LogP contribution is 2.38. The van der Waals surface area contributed by atoms with Crippen molar-refractivity contribution in [3.8, 4) is 11.1 Å². The average molecular weight is 557 g/mol. The zero-order chi connectivity index (χ0) is 27.6. The van der Waals surface area contributed by atoms with Gasteiger partial charge >= 0.3 is 0 Å². The molecule has 0 aromatic heterocycles. The second-order valence-electron chi connectivity index (χ2n) is 9.24. The molecule has 0 aliphatic carbocycles. The highest BCUT2D eigenvalue weighted by atomic mass is 32.1. The van der Waals surface area contributed by atoms with Crippen molar-refractivity contribution in [2.45, 2.75) is 9.79 Å². The molecule has 194 valence electrons. The lowest BCUT2D eigenvalue weighted by molar-refractivity contribution is 1.23. The monoisotopic (exact) mass is 556 g/mol. The first-order chi connectivity index (χ1) is 19.5. The highest BCUT2D eigenvalue weighted by molar-refractivity contribution is 7.80. The second kappa shape index (κ2) is 10.8. The Labute approximate surface area is 242 Å². The Morgan fingerprint density at radius 2 is 0.775 bits per heavy atom. The number of nitrogens with zero attached hydrogens (tertiary/aromatic N) is 4. The first kappa shape index (κ1) is 25.6. The van der Waals surface area contributed by atoms with Gasteiger partial charge in [-0.15, -0.1) is 35.5 Å². The Morgan fingerprint density at radius 3 is 1.15 bits per heavy atom. The molecule has 0 aliphatic heterocycles. The van der Waals surface area contributed by atoms with Gasteiger partial charge in [0.05, 0.1) is 22.7 Å². The quantitative estimate of drug-likeness (QED) is 0.0964.